The Labute approximate surface area is 396 Å². The second-order valence-corrected chi connectivity index (χ2v) is 19.1. The molecule has 6 aromatic carbocycles. The minimum Gasteiger partial charge on any atom is -0.362 e. The van der Waals surface area contributed by atoms with Crippen LogP contribution in [0.25, 0.3) is 90.9 Å². The molecular formula is C59H45N6PS. The highest BCUT2D eigenvalue weighted by molar-refractivity contribution is 7.80. The Bertz CT molecular complexity index is 3380. The molecule has 322 valence electrons. The molecule has 0 spiro atoms. The number of fused-ring (bicyclic) bond motifs is 8. The highest BCUT2D eigenvalue weighted by Gasteiger charge is 2.19. The van der Waals surface area contributed by atoms with Crippen molar-refractivity contribution in [3.05, 3.63) is 223 Å². The molecule has 5 heterocycles. The van der Waals surface area contributed by atoms with Gasteiger partial charge in [-0.25, -0.2) is 9.97 Å². The molecule has 0 aliphatic carbocycles. The molecule has 11 rings (SSSR count). The first-order valence-electron chi connectivity index (χ1n) is 22.5. The molecule has 67 heavy (non-hydrogen) atoms. The molecule has 0 radical (unpaired) electrons. The lowest BCUT2D eigenvalue weighted by molar-refractivity contribution is 0.987. The van der Waals surface area contributed by atoms with Crippen molar-refractivity contribution in [1.29, 1.82) is 0 Å². The molecule has 8 heteroatoms. The van der Waals surface area contributed by atoms with E-state index < -0.39 is 7.92 Å². The maximum absolute atomic E-state index is 5.86. The van der Waals surface area contributed by atoms with Crippen molar-refractivity contribution in [2.24, 2.45) is 0 Å². The van der Waals surface area contributed by atoms with Gasteiger partial charge in [-0.1, -0.05) is 164 Å². The van der Waals surface area contributed by atoms with Crippen LogP contribution in [0.5, 0.6) is 0 Å². The number of aromatic nitrogens is 4. The van der Waals surface area contributed by atoms with Crippen LogP contribution in [0.3, 0.4) is 0 Å². The number of nitrogens with zero attached hydrogens (tertiary/aromatic N) is 2. The van der Waals surface area contributed by atoms with Crippen LogP contribution in [0.15, 0.2) is 200 Å². The zero-order chi connectivity index (χ0) is 44.9. The Balaban J connectivity index is 1.02. The van der Waals surface area contributed by atoms with Crippen molar-refractivity contribution in [1.82, 2.24) is 25.3 Å². The summed E-state index contributed by atoms with van der Waals surface area (Å²) in [5.74, 6) is 0. The summed E-state index contributed by atoms with van der Waals surface area (Å²) < 4.78 is 0. The van der Waals surface area contributed by atoms with E-state index in [0.29, 0.717) is 5.11 Å². The van der Waals surface area contributed by atoms with Crippen molar-refractivity contribution < 1.29 is 0 Å². The fourth-order valence-electron chi connectivity index (χ4n) is 9.03. The van der Waals surface area contributed by atoms with Gasteiger partial charge in [-0.2, -0.15) is 0 Å². The van der Waals surface area contributed by atoms with E-state index in [1.54, 1.807) is 0 Å². The van der Waals surface area contributed by atoms with Gasteiger partial charge in [0.2, 0.25) is 0 Å². The smallest absolute Gasteiger partial charge is 0.170 e. The second-order valence-electron chi connectivity index (χ2n) is 16.4. The monoisotopic (exact) mass is 900 g/mol. The lowest BCUT2D eigenvalue weighted by atomic mass is 10.0. The first-order valence-corrected chi connectivity index (χ1v) is 24.4. The third kappa shape index (κ3) is 8.79. The fourth-order valence-corrected chi connectivity index (χ4v) is 11.5. The summed E-state index contributed by atoms with van der Waals surface area (Å²) in [7, 11) is -0.531. The summed E-state index contributed by atoms with van der Waals surface area (Å²) >= 11 is 5.86. The predicted molar refractivity (Wildman–Crippen MR) is 289 cm³/mol. The number of rotatable bonds is 10. The average molecular weight is 901 g/mol. The summed E-state index contributed by atoms with van der Waals surface area (Å²) in [6, 6.07) is 70.2. The molecule has 0 saturated heterocycles. The normalized spacial score (nSPS) is 11.8. The van der Waals surface area contributed by atoms with Crippen molar-refractivity contribution in [2.45, 2.75) is 0 Å². The van der Waals surface area contributed by atoms with Crippen LogP contribution in [0.1, 0.15) is 22.8 Å². The Morgan fingerprint density at radius 2 is 0.731 bits per heavy atom. The number of thiocarbonyl (C=S) groups is 1. The molecule has 0 saturated carbocycles. The third-order valence-electron chi connectivity index (χ3n) is 12.1. The Hall–Kier alpha value is -7.96. The van der Waals surface area contributed by atoms with Crippen LogP contribution in [0, 0.1) is 0 Å². The zero-order valence-electron chi connectivity index (χ0n) is 36.5. The van der Waals surface area contributed by atoms with E-state index in [0.717, 1.165) is 108 Å². The Kier molecular flexibility index (Phi) is 11.8. The molecule has 6 nitrogen and oxygen atoms in total. The first-order chi connectivity index (χ1) is 33.1. The highest BCUT2D eigenvalue weighted by atomic mass is 32.1. The number of benzene rings is 6. The molecule has 0 atom stereocenters. The zero-order valence-corrected chi connectivity index (χ0v) is 38.2. The van der Waals surface area contributed by atoms with Gasteiger partial charge in [0.25, 0.3) is 0 Å². The van der Waals surface area contributed by atoms with Crippen LogP contribution in [0.4, 0.5) is 5.69 Å². The van der Waals surface area contributed by atoms with E-state index in [4.69, 9.17) is 22.2 Å². The number of nitrogens with one attached hydrogen (secondary N) is 4. The quantitative estimate of drug-likeness (QED) is 0.0812. The maximum atomic E-state index is 5.86. The average Bonchev–Trinajstić information content (AvgIpc) is 4.24. The molecule has 9 aromatic rings. The van der Waals surface area contributed by atoms with E-state index in [2.05, 4.69) is 233 Å². The lowest BCUT2D eigenvalue weighted by Gasteiger charge is -2.19. The van der Waals surface area contributed by atoms with Gasteiger partial charge in [0, 0.05) is 56.6 Å². The van der Waals surface area contributed by atoms with Gasteiger partial charge < -0.3 is 20.6 Å². The minimum atomic E-state index is -0.531. The van der Waals surface area contributed by atoms with Crippen LogP contribution in [-0.4, -0.2) is 37.8 Å². The van der Waals surface area contributed by atoms with Gasteiger partial charge in [-0.15, -0.1) is 0 Å². The Morgan fingerprint density at radius 3 is 1.09 bits per heavy atom. The van der Waals surface area contributed by atoms with Crippen molar-refractivity contribution in [3.8, 4) is 44.5 Å². The molecule has 2 aliphatic rings. The van der Waals surface area contributed by atoms with Crippen LogP contribution >= 0.6 is 20.1 Å². The largest absolute Gasteiger partial charge is 0.362 e. The van der Waals surface area contributed by atoms with Gasteiger partial charge in [-0.3, -0.25) is 0 Å². The fraction of sp³-hybridized carbons (Fsp3) is 0.0339. The van der Waals surface area contributed by atoms with E-state index >= 15 is 0 Å². The van der Waals surface area contributed by atoms with Gasteiger partial charge >= 0.3 is 0 Å². The lowest BCUT2D eigenvalue weighted by Crippen LogP contribution is -2.31. The number of anilines is 1. The number of hydrogen-bond acceptors (Lipinski definition) is 3. The first kappa shape index (κ1) is 41.7. The molecule has 3 aromatic heterocycles. The molecule has 0 fully saturated rings. The number of hydrogen-bond donors (Lipinski definition) is 4. The van der Waals surface area contributed by atoms with E-state index in [-0.39, 0.29) is 0 Å². The summed E-state index contributed by atoms with van der Waals surface area (Å²) in [5.41, 5.74) is 16.5. The standard InChI is InChI=1S/C59H45N6PS/c67-59(60-38-39-66(45-22-12-4-13-23-45)46-24-14-5-15-25-46)61-44-28-26-43(27-29-44)58-53-36-34-51(64-53)56(41-18-8-2-9-19-41)49-32-30-47(62-49)55(40-16-6-1-7-17-40)48-31-33-50(63-48)57(42-20-10-3-11-21-42)52-35-37-54(58)65-52/h1-37,62,65H,38-39H2,(H2,60,61,67). The number of H-pyrrole nitrogens is 2. The molecule has 2 aliphatic heterocycles. The molecule has 0 amide bonds. The van der Waals surface area contributed by atoms with Gasteiger partial charge in [0.15, 0.2) is 5.11 Å². The molecule has 8 bridgehead atoms. The number of aromatic amines is 2. The van der Waals surface area contributed by atoms with Crippen molar-refractivity contribution >= 4 is 87.9 Å². The summed E-state index contributed by atoms with van der Waals surface area (Å²) in [6.45, 7) is 0.749. The predicted octanol–water partition coefficient (Wildman–Crippen LogP) is 13.7. The van der Waals surface area contributed by atoms with E-state index in [1.807, 2.05) is 12.1 Å². The summed E-state index contributed by atoms with van der Waals surface area (Å²) in [5, 5.41) is 10.2. The van der Waals surface area contributed by atoms with Gasteiger partial charge in [0.05, 0.1) is 22.8 Å². The molecule has 0 unspecified atom stereocenters. The minimum absolute atomic E-state index is 0.531. The van der Waals surface area contributed by atoms with E-state index in [9.17, 15) is 0 Å². The van der Waals surface area contributed by atoms with Gasteiger partial charge in [-0.05, 0) is 120 Å². The van der Waals surface area contributed by atoms with E-state index in [1.165, 1.54) is 10.6 Å². The van der Waals surface area contributed by atoms with Crippen LogP contribution in [0.2, 0.25) is 0 Å². The van der Waals surface area contributed by atoms with Crippen LogP contribution in [-0.2, 0) is 0 Å². The molecule has 4 N–H and O–H groups in total. The van der Waals surface area contributed by atoms with Crippen LogP contribution < -0.4 is 21.2 Å². The highest BCUT2D eigenvalue weighted by Crippen LogP contribution is 2.39. The van der Waals surface area contributed by atoms with Crippen molar-refractivity contribution in [2.75, 3.05) is 18.0 Å². The SMILES string of the molecule is S=C(NCCP(c1ccccc1)c1ccccc1)Nc1ccc(-c2c3nc(c(-c4ccccc4)c4ccc([nH]4)c(-c4ccccc4)c4nc(c(-c5ccccc5)c5ccc2[nH]5)C=C4)C=C3)cc1. The van der Waals surface area contributed by atoms with Crippen molar-refractivity contribution in [3.63, 3.8) is 0 Å². The summed E-state index contributed by atoms with van der Waals surface area (Å²) in [6.07, 6.45) is 9.50. The molecular weight excluding hydrogens is 856 g/mol. The maximum Gasteiger partial charge on any atom is 0.170 e. The second kappa shape index (κ2) is 18.9. The van der Waals surface area contributed by atoms with Gasteiger partial charge in [0.1, 0.15) is 0 Å². The Morgan fingerprint density at radius 1 is 0.403 bits per heavy atom. The third-order valence-corrected chi connectivity index (χ3v) is 14.9. The summed E-state index contributed by atoms with van der Waals surface area (Å²) in [4.78, 5) is 18.6. The topological polar surface area (TPSA) is 81.4 Å².